The summed E-state index contributed by atoms with van der Waals surface area (Å²) in [6, 6.07) is 9.66. The fourth-order valence-corrected chi connectivity index (χ4v) is 3.31. The lowest BCUT2D eigenvalue weighted by molar-refractivity contribution is 0.102. The van der Waals surface area contributed by atoms with Gasteiger partial charge < -0.3 is 15.2 Å². The lowest BCUT2D eigenvalue weighted by Crippen LogP contribution is -2.32. The van der Waals surface area contributed by atoms with Crippen LogP contribution in [0, 0.1) is 6.92 Å². The van der Waals surface area contributed by atoms with E-state index < -0.39 is 0 Å². The fourth-order valence-electron chi connectivity index (χ4n) is 3.31. The van der Waals surface area contributed by atoms with Gasteiger partial charge >= 0.3 is 0 Å². The number of aryl methyl sites for hydroxylation is 1. The van der Waals surface area contributed by atoms with Crippen LogP contribution in [0.1, 0.15) is 35.2 Å². The fraction of sp³-hybridized carbons (Fsp3) is 0.368. The van der Waals surface area contributed by atoms with Crippen molar-refractivity contribution < 1.29 is 4.79 Å². The molecule has 8 heteroatoms. The van der Waals surface area contributed by atoms with Gasteiger partial charge in [-0.05, 0) is 44.5 Å². The molecule has 1 aliphatic heterocycles. The van der Waals surface area contributed by atoms with E-state index >= 15 is 0 Å². The first kappa shape index (κ1) is 17.4. The van der Waals surface area contributed by atoms with Crippen LogP contribution in [0.3, 0.4) is 0 Å². The number of hydrogen-bond donors (Lipinski definition) is 2. The monoisotopic (exact) mass is 365 g/mol. The van der Waals surface area contributed by atoms with E-state index in [9.17, 15) is 4.79 Å². The van der Waals surface area contributed by atoms with Crippen LogP contribution < -0.4 is 10.6 Å². The second-order valence-electron chi connectivity index (χ2n) is 6.85. The van der Waals surface area contributed by atoms with Gasteiger partial charge in [-0.1, -0.05) is 12.1 Å². The number of anilines is 1. The number of benzene rings is 1. The van der Waals surface area contributed by atoms with Crippen molar-refractivity contribution in [2.45, 2.75) is 25.8 Å². The molecule has 0 bridgehead atoms. The largest absolute Gasteiger partial charge is 0.321 e. The molecule has 1 saturated heterocycles. The van der Waals surface area contributed by atoms with Crippen molar-refractivity contribution in [3.63, 3.8) is 0 Å². The molecule has 27 heavy (non-hydrogen) atoms. The Bertz CT molecular complexity index is 953. The smallest absolute Gasteiger partial charge is 0.276 e. The summed E-state index contributed by atoms with van der Waals surface area (Å²) in [6.45, 7) is 3.84. The third-order valence-corrected chi connectivity index (χ3v) is 4.96. The van der Waals surface area contributed by atoms with Gasteiger partial charge in [0.15, 0.2) is 11.5 Å². The highest BCUT2D eigenvalue weighted by atomic mass is 16.1. The molecule has 2 aromatic heterocycles. The number of aromatic nitrogens is 5. The lowest BCUT2D eigenvalue weighted by atomic mass is 10.1. The van der Waals surface area contributed by atoms with Gasteiger partial charge in [0, 0.05) is 31.0 Å². The van der Waals surface area contributed by atoms with Crippen LogP contribution in [0.15, 0.2) is 36.5 Å². The van der Waals surface area contributed by atoms with Gasteiger partial charge in [0.05, 0.1) is 6.04 Å². The van der Waals surface area contributed by atoms with E-state index in [1.807, 2.05) is 53.7 Å². The Labute approximate surface area is 157 Å². The molecule has 0 aliphatic carbocycles. The molecule has 0 radical (unpaired) electrons. The SMILES string of the molecule is Cc1nnc(-c2cccc(NC(=O)c3ccn(C4CCCNC4)n3)c2)n1C. The molecule has 3 heterocycles. The van der Waals surface area contributed by atoms with Gasteiger partial charge in [0.25, 0.3) is 5.91 Å². The van der Waals surface area contributed by atoms with Crippen LogP contribution in [0.4, 0.5) is 5.69 Å². The van der Waals surface area contributed by atoms with Crippen LogP contribution in [0.5, 0.6) is 0 Å². The summed E-state index contributed by atoms with van der Waals surface area (Å²) >= 11 is 0. The van der Waals surface area contributed by atoms with Crippen molar-refractivity contribution in [2.75, 3.05) is 18.4 Å². The van der Waals surface area contributed by atoms with Gasteiger partial charge in [0.2, 0.25) is 0 Å². The molecular formula is C19H23N7O. The molecule has 1 aromatic carbocycles. The molecule has 1 aliphatic rings. The third kappa shape index (κ3) is 3.61. The molecule has 1 atom stereocenters. The zero-order valence-corrected chi connectivity index (χ0v) is 15.5. The number of piperidine rings is 1. The Kier molecular flexibility index (Phi) is 4.72. The van der Waals surface area contributed by atoms with Gasteiger partial charge in [-0.25, -0.2) is 0 Å². The van der Waals surface area contributed by atoms with E-state index in [2.05, 4.69) is 25.9 Å². The minimum absolute atomic E-state index is 0.219. The molecule has 8 nitrogen and oxygen atoms in total. The van der Waals surface area contributed by atoms with E-state index in [4.69, 9.17) is 0 Å². The van der Waals surface area contributed by atoms with E-state index in [0.29, 0.717) is 17.4 Å². The minimum Gasteiger partial charge on any atom is -0.321 e. The highest BCUT2D eigenvalue weighted by Gasteiger charge is 2.18. The molecule has 4 rings (SSSR count). The van der Waals surface area contributed by atoms with E-state index in [1.165, 1.54) is 0 Å². The predicted octanol–water partition coefficient (Wildman–Crippen LogP) is 2.16. The molecule has 2 N–H and O–H groups in total. The summed E-state index contributed by atoms with van der Waals surface area (Å²) in [6.07, 6.45) is 4.08. The van der Waals surface area contributed by atoms with Crippen LogP contribution in [-0.4, -0.2) is 43.5 Å². The first-order valence-corrected chi connectivity index (χ1v) is 9.15. The van der Waals surface area contributed by atoms with E-state index in [0.717, 1.165) is 43.1 Å². The van der Waals surface area contributed by atoms with Gasteiger partial charge in [-0.2, -0.15) is 5.10 Å². The van der Waals surface area contributed by atoms with Crippen LogP contribution >= 0.6 is 0 Å². The van der Waals surface area contributed by atoms with Gasteiger partial charge in [0.1, 0.15) is 5.82 Å². The first-order valence-electron chi connectivity index (χ1n) is 9.15. The lowest BCUT2D eigenvalue weighted by Gasteiger charge is -2.22. The van der Waals surface area contributed by atoms with E-state index in [-0.39, 0.29) is 5.91 Å². The Hall–Kier alpha value is -3.00. The van der Waals surface area contributed by atoms with Crippen molar-refractivity contribution in [1.29, 1.82) is 0 Å². The normalized spacial score (nSPS) is 17.0. The highest BCUT2D eigenvalue weighted by molar-refractivity contribution is 6.03. The topological polar surface area (TPSA) is 89.7 Å². The van der Waals surface area contributed by atoms with Crippen molar-refractivity contribution in [2.24, 2.45) is 7.05 Å². The molecule has 1 amide bonds. The summed E-state index contributed by atoms with van der Waals surface area (Å²) in [5.74, 6) is 1.38. The van der Waals surface area contributed by atoms with Crippen molar-refractivity contribution >= 4 is 11.6 Å². The highest BCUT2D eigenvalue weighted by Crippen LogP contribution is 2.22. The molecule has 140 valence electrons. The summed E-state index contributed by atoms with van der Waals surface area (Å²) in [4.78, 5) is 12.6. The second-order valence-corrected chi connectivity index (χ2v) is 6.85. The van der Waals surface area contributed by atoms with Crippen molar-refractivity contribution in [3.05, 3.63) is 48.0 Å². The Morgan fingerprint density at radius 1 is 1.30 bits per heavy atom. The van der Waals surface area contributed by atoms with Gasteiger partial charge in [-0.15, -0.1) is 10.2 Å². The first-order chi connectivity index (χ1) is 13.1. The molecule has 0 spiro atoms. The number of carbonyl (C=O) groups is 1. The van der Waals surface area contributed by atoms with Crippen LogP contribution in [0.2, 0.25) is 0 Å². The summed E-state index contributed by atoms with van der Waals surface area (Å²) in [5, 5.41) is 19.0. The zero-order chi connectivity index (χ0) is 18.8. The number of nitrogens with zero attached hydrogens (tertiary/aromatic N) is 5. The molecular weight excluding hydrogens is 342 g/mol. The Morgan fingerprint density at radius 2 is 2.19 bits per heavy atom. The predicted molar refractivity (Wildman–Crippen MR) is 102 cm³/mol. The maximum absolute atomic E-state index is 12.6. The maximum atomic E-state index is 12.6. The number of hydrogen-bond acceptors (Lipinski definition) is 5. The minimum atomic E-state index is -0.219. The Balaban J connectivity index is 1.49. The summed E-state index contributed by atoms with van der Waals surface area (Å²) < 4.78 is 3.81. The summed E-state index contributed by atoms with van der Waals surface area (Å²) in [7, 11) is 1.92. The molecule has 0 saturated carbocycles. The van der Waals surface area contributed by atoms with Crippen molar-refractivity contribution in [1.82, 2.24) is 29.9 Å². The average molecular weight is 365 g/mol. The quantitative estimate of drug-likeness (QED) is 0.740. The van der Waals surface area contributed by atoms with Crippen LogP contribution in [-0.2, 0) is 7.05 Å². The maximum Gasteiger partial charge on any atom is 0.276 e. The van der Waals surface area contributed by atoms with Gasteiger partial charge in [-0.3, -0.25) is 9.48 Å². The van der Waals surface area contributed by atoms with Crippen molar-refractivity contribution in [3.8, 4) is 11.4 Å². The summed E-state index contributed by atoms with van der Waals surface area (Å²) in [5.41, 5.74) is 2.02. The number of nitrogens with one attached hydrogen (secondary N) is 2. The Morgan fingerprint density at radius 3 is 2.93 bits per heavy atom. The second kappa shape index (κ2) is 7.32. The zero-order valence-electron chi connectivity index (χ0n) is 15.5. The standard InChI is InChI=1S/C19H23N7O/c1-13-22-23-18(25(13)2)14-5-3-6-15(11-14)21-19(27)17-8-10-26(24-17)16-7-4-9-20-12-16/h3,5-6,8,10-11,16,20H,4,7,9,12H2,1-2H3,(H,21,27). The number of rotatable bonds is 4. The van der Waals surface area contributed by atoms with Crippen LogP contribution in [0.25, 0.3) is 11.4 Å². The third-order valence-electron chi connectivity index (χ3n) is 4.96. The van der Waals surface area contributed by atoms with E-state index in [1.54, 1.807) is 6.07 Å². The molecule has 1 fully saturated rings. The number of carbonyl (C=O) groups excluding carboxylic acids is 1. The number of amides is 1. The molecule has 1 unspecified atom stereocenters. The molecule has 3 aromatic rings. The average Bonchev–Trinajstić information content (AvgIpc) is 3.31.